The first-order valence-corrected chi connectivity index (χ1v) is 5.66. The lowest BCUT2D eigenvalue weighted by molar-refractivity contribution is -0.126. The van der Waals surface area contributed by atoms with Crippen LogP contribution < -0.4 is 16.4 Å². The summed E-state index contributed by atoms with van der Waals surface area (Å²) in [6.45, 7) is 4.75. The lowest BCUT2D eigenvalue weighted by Crippen LogP contribution is -2.36. The molecule has 0 spiro atoms. The standard InChI is InChI=1S/C11H23N3O2/c1-8(2)4-9(6-12)5-10(15)14-7-11(16)13-3/h8-9H,4-7,12H2,1-3H3,(H,13,16)(H,14,15). The molecule has 4 N–H and O–H groups in total. The molecule has 2 amide bonds. The van der Waals surface area contributed by atoms with Crippen molar-refractivity contribution in [3.8, 4) is 0 Å². The van der Waals surface area contributed by atoms with E-state index in [1.165, 1.54) is 7.05 Å². The van der Waals surface area contributed by atoms with Gasteiger partial charge >= 0.3 is 0 Å². The van der Waals surface area contributed by atoms with Gasteiger partial charge in [0.25, 0.3) is 0 Å². The minimum absolute atomic E-state index is 0.0360. The zero-order chi connectivity index (χ0) is 12.6. The molecule has 0 saturated carbocycles. The third-order valence-corrected chi connectivity index (χ3v) is 2.34. The highest BCUT2D eigenvalue weighted by Crippen LogP contribution is 2.13. The average molecular weight is 229 g/mol. The first kappa shape index (κ1) is 14.9. The Kier molecular flexibility index (Phi) is 7.54. The van der Waals surface area contributed by atoms with Gasteiger partial charge in [-0.1, -0.05) is 13.8 Å². The molecule has 5 nitrogen and oxygen atoms in total. The molecule has 1 atom stereocenters. The molecule has 5 heteroatoms. The summed E-state index contributed by atoms with van der Waals surface area (Å²) in [7, 11) is 1.54. The van der Waals surface area contributed by atoms with Gasteiger partial charge in [-0.3, -0.25) is 9.59 Å². The molecule has 0 aromatic rings. The number of hydrogen-bond donors (Lipinski definition) is 3. The predicted molar refractivity (Wildman–Crippen MR) is 63.7 cm³/mol. The topological polar surface area (TPSA) is 84.2 Å². The van der Waals surface area contributed by atoms with E-state index >= 15 is 0 Å². The molecule has 0 radical (unpaired) electrons. The highest BCUT2D eigenvalue weighted by molar-refractivity contribution is 5.84. The molecule has 0 rings (SSSR count). The van der Waals surface area contributed by atoms with Crippen LogP contribution in [0, 0.1) is 11.8 Å². The SMILES string of the molecule is CNC(=O)CNC(=O)CC(CN)CC(C)C. The van der Waals surface area contributed by atoms with Gasteiger partial charge in [0.1, 0.15) is 0 Å². The number of rotatable bonds is 7. The Morgan fingerprint density at radius 2 is 1.88 bits per heavy atom. The molecule has 0 aromatic carbocycles. The van der Waals surface area contributed by atoms with Crippen LogP contribution in [0.4, 0.5) is 0 Å². The van der Waals surface area contributed by atoms with Crippen LogP contribution in [0.25, 0.3) is 0 Å². The largest absolute Gasteiger partial charge is 0.358 e. The molecular weight excluding hydrogens is 206 g/mol. The normalized spacial score (nSPS) is 12.3. The molecule has 0 bridgehead atoms. The summed E-state index contributed by atoms with van der Waals surface area (Å²) >= 11 is 0. The number of likely N-dealkylation sites (N-methyl/N-ethyl adjacent to an activating group) is 1. The van der Waals surface area contributed by atoms with Crippen molar-refractivity contribution in [1.29, 1.82) is 0 Å². The van der Waals surface area contributed by atoms with E-state index in [9.17, 15) is 9.59 Å². The number of hydrogen-bond acceptors (Lipinski definition) is 3. The monoisotopic (exact) mass is 229 g/mol. The summed E-state index contributed by atoms with van der Waals surface area (Å²) in [5.41, 5.74) is 5.59. The highest BCUT2D eigenvalue weighted by Gasteiger charge is 2.14. The summed E-state index contributed by atoms with van der Waals surface area (Å²) in [6, 6.07) is 0. The van der Waals surface area contributed by atoms with Gasteiger partial charge in [0.05, 0.1) is 6.54 Å². The van der Waals surface area contributed by atoms with Crippen molar-refractivity contribution in [3.63, 3.8) is 0 Å². The number of amides is 2. The second kappa shape index (κ2) is 8.10. The fourth-order valence-electron chi connectivity index (χ4n) is 1.53. The average Bonchev–Trinajstić information content (AvgIpc) is 2.24. The summed E-state index contributed by atoms with van der Waals surface area (Å²) in [5.74, 6) is 0.422. The predicted octanol–water partition coefficient (Wildman–Crippen LogP) is -0.140. The maximum Gasteiger partial charge on any atom is 0.239 e. The van der Waals surface area contributed by atoms with E-state index in [0.717, 1.165) is 6.42 Å². The lowest BCUT2D eigenvalue weighted by Gasteiger charge is -2.16. The number of carbonyl (C=O) groups excluding carboxylic acids is 2. The van der Waals surface area contributed by atoms with Gasteiger partial charge in [-0.2, -0.15) is 0 Å². The third kappa shape index (κ3) is 7.23. The second-order valence-electron chi connectivity index (χ2n) is 4.39. The number of nitrogens with two attached hydrogens (primary N) is 1. The van der Waals surface area contributed by atoms with Crippen molar-refractivity contribution in [1.82, 2.24) is 10.6 Å². The Morgan fingerprint density at radius 1 is 1.25 bits per heavy atom. The fourth-order valence-corrected chi connectivity index (χ4v) is 1.53. The molecule has 0 aromatic heterocycles. The van der Waals surface area contributed by atoms with Crippen LogP contribution in [0.2, 0.25) is 0 Å². The van der Waals surface area contributed by atoms with E-state index < -0.39 is 0 Å². The van der Waals surface area contributed by atoms with E-state index in [2.05, 4.69) is 24.5 Å². The van der Waals surface area contributed by atoms with E-state index in [4.69, 9.17) is 5.73 Å². The van der Waals surface area contributed by atoms with Crippen molar-refractivity contribution in [2.45, 2.75) is 26.7 Å². The van der Waals surface area contributed by atoms with Crippen LogP contribution in [0.5, 0.6) is 0 Å². The molecular formula is C11H23N3O2. The highest BCUT2D eigenvalue weighted by atomic mass is 16.2. The molecule has 1 unspecified atom stereocenters. The van der Waals surface area contributed by atoms with E-state index in [1.807, 2.05) is 0 Å². The fraction of sp³-hybridized carbons (Fsp3) is 0.818. The van der Waals surface area contributed by atoms with Crippen LogP contribution in [-0.2, 0) is 9.59 Å². The van der Waals surface area contributed by atoms with Crippen molar-refractivity contribution in [3.05, 3.63) is 0 Å². The summed E-state index contributed by atoms with van der Waals surface area (Å²) in [6.07, 6.45) is 1.33. The van der Waals surface area contributed by atoms with Crippen molar-refractivity contribution < 1.29 is 9.59 Å². The second-order valence-corrected chi connectivity index (χ2v) is 4.39. The van der Waals surface area contributed by atoms with E-state index in [-0.39, 0.29) is 24.3 Å². The lowest BCUT2D eigenvalue weighted by atomic mass is 9.94. The minimum atomic E-state index is -0.193. The van der Waals surface area contributed by atoms with Crippen LogP contribution in [0.1, 0.15) is 26.7 Å². The maximum atomic E-state index is 11.5. The van der Waals surface area contributed by atoms with Gasteiger partial charge in [0.2, 0.25) is 11.8 Å². The first-order valence-electron chi connectivity index (χ1n) is 5.66. The van der Waals surface area contributed by atoms with E-state index in [0.29, 0.717) is 18.9 Å². The zero-order valence-electron chi connectivity index (χ0n) is 10.4. The van der Waals surface area contributed by atoms with Gasteiger partial charge in [0, 0.05) is 13.5 Å². The molecule has 94 valence electrons. The van der Waals surface area contributed by atoms with Crippen molar-refractivity contribution >= 4 is 11.8 Å². The third-order valence-electron chi connectivity index (χ3n) is 2.34. The molecule has 0 fully saturated rings. The molecule has 0 aliphatic heterocycles. The summed E-state index contributed by atoms with van der Waals surface area (Å²) in [4.78, 5) is 22.4. The molecule has 16 heavy (non-hydrogen) atoms. The van der Waals surface area contributed by atoms with Crippen LogP contribution in [0.15, 0.2) is 0 Å². The molecule has 0 aliphatic carbocycles. The van der Waals surface area contributed by atoms with Crippen LogP contribution in [0.3, 0.4) is 0 Å². The first-order chi connectivity index (χ1) is 7.49. The smallest absolute Gasteiger partial charge is 0.239 e. The van der Waals surface area contributed by atoms with Gasteiger partial charge in [-0.05, 0) is 24.8 Å². The van der Waals surface area contributed by atoms with Crippen LogP contribution in [-0.4, -0.2) is 32.0 Å². The van der Waals surface area contributed by atoms with Crippen molar-refractivity contribution in [2.24, 2.45) is 17.6 Å². The Labute approximate surface area is 97.2 Å². The zero-order valence-corrected chi connectivity index (χ0v) is 10.4. The number of nitrogens with one attached hydrogen (secondary N) is 2. The minimum Gasteiger partial charge on any atom is -0.358 e. The van der Waals surface area contributed by atoms with Gasteiger partial charge in [-0.25, -0.2) is 0 Å². The van der Waals surface area contributed by atoms with Gasteiger partial charge < -0.3 is 16.4 Å². The Bertz CT molecular complexity index is 229. The Hall–Kier alpha value is -1.10. The summed E-state index contributed by atoms with van der Waals surface area (Å²) in [5, 5.41) is 5.01. The van der Waals surface area contributed by atoms with E-state index in [1.54, 1.807) is 0 Å². The van der Waals surface area contributed by atoms with Crippen LogP contribution >= 0.6 is 0 Å². The van der Waals surface area contributed by atoms with Gasteiger partial charge in [0.15, 0.2) is 0 Å². The molecule has 0 heterocycles. The number of carbonyl (C=O) groups is 2. The summed E-state index contributed by atoms with van der Waals surface area (Å²) < 4.78 is 0. The van der Waals surface area contributed by atoms with Gasteiger partial charge in [-0.15, -0.1) is 0 Å². The molecule has 0 aliphatic rings. The Balaban J connectivity index is 3.87. The molecule has 0 saturated heterocycles. The quantitative estimate of drug-likeness (QED) is 0.568. The van der Waals surface area contributed by atoms with Crippen molar-refractivity contribution in [2.75, 3.05) is 20.1 Å². The Morgan fingerprint density at radius 3 is 2.31 bits per heavy atom. The maximum absolute atomic E-state index is 11.5.